The van der Waals surface area contributed by atoms with E-state index in [1.807, 2.05) is 18.7 Å². The summed E-state index contributed by atoms with van der Waals surface area (Å²) in [6, 6.07) is 6.90. The van der Waals surface area contributed by atoms with E-state index in [4.69, 9.17) is 5.73 Å². The van der Waals surface area contributed by atoms with E-state index in [0.29, 0.717) is 5.92 Å². The van der Waals surface area contributed by atoms with E-state index in [-0.39, 0.29) is 23.9 Å². The summed E-state index contributed by atoms with van der Waals surface area (Å²) in [5.74, 6) is 0.733. The van der Waals surface area contributed by atoms with Gasteiger partial charge in [-0.1, -0.05) is 39.8 Å². The van der Waals surface area contributed by atoms with Gasteiger partial charge in [0.2, 0.25) is 5.91 Å². The molecule has 1 aromatic rings. The molecule has 0 saturated carbocycles. The van der Waals surface area contributed by atoms with Crippen LogP contribution in [0, 0.1) is 11.8 Å². The highest BCUT2D eigenvalue weighted by Gasteiger charge is 2.32. The first kappa shape index (κ1) is 16.0. The Hall–Kier alpha value is -1.35. The number of rotatable bonds is 4. The van der Waals surface area contributed by atoms with Crippen molar-refractivity contribution in [2.75, 3.05) is 4.90 Å². The monoisotopic (exact) mass is 288 g/mol. The second kappa shape index (κ2) is 6.18. The number of nitrogens with zero attached hydrogens (tertiary/aromatic N) is 1. The summed E-state index contributed by atoms with van der Waals surface area (Å²) in [6.07, 6.45) is 1.84. The Morgan fingerprint density at radius 2 is 2.00 bits per heavy atom. The van der Waals surface area contributed by atoms with Gasteiger partial charge in [0.25, 0.3) is 0 Å². The third-order valence-electron chi connectivity index (χ3n) is 4.42. The molecule has 1 aromatic carbocycles. The predicted octanol–water partition coefficient (Wildman–Crippen LogP) is 3.15. The second-order valence-corrected chi connectivity index (χ2v) is 6.99. The van der Waals surface area contributed by atoms with Gasteiger partial charge in [-0.2, -0.15) is 0 Å². The number of nitrogens with two attached hydrogens (primary N) is 1. The average Bonchev–Trinajstić information content (AvgIpc) is 2.72. The van der Waals surface area contributed by atoms with Crippen molar-refractivity contribution >= 4 is 11.6 Å². The Morgan fingerprint density at radius 1 is 1.33 bits per heavy atom. The Kier molecular flexibility index (Phi) is 4.72. The molecule has 1 aliphatic rings. The van der Waals surface area contributed by atoms with Gasteiger partial charge in [-0.15, -0.1) is 0 Å². The van der Waals surface area contributed by atoms with Gasteiger partial charge in [-0.3, -0.25) is 4.79 Å². The quantitative estimate of drug-likeness (QED) is 0.925. The topological polar surface area (TPSA) is 46.3 Å². The largest absolute Gasteiger partial charge is 0.327 e. The Labute approximate surface area is 128 Å². The molecule has 1 aliphatic heterocycles. The van der Waals surface area contributed by atoms with Crippen molar-refractivity contribution in [3.63, 3.8) is 0 Å². The van der Waals surface area contributed by atoms with Crippen molar-refractivity contribution in [1.29, 1.82) is 0 Å². The lowest BCUT2D eigenvalue weighted by Crippen LogP contribution is -2.38. The highest BCUT2D eigenvalue weighted by atomic mass is 16.2. The smallest absolute Gasteiger partial charge is 0.229 e. The number of anilines is 1. The summed E-state index contributed by atoms with van der Waals surface area (Å²) in [6.45, 7) is 10.4. The molecule has 0 spiro atoms. The van der Waals surface area contributed by atoms with Crippen molar-refractivity contribution in [2.45, 2.75) is 59.5 Å². The molecule has 2 unspecified atom stereocenters. The van der Waals surface area contributed by atoms with Crippen LogP contribution in [0.2, 0.25) is 0 Å². The summed E-state index contributed by atoms with van der Waals surface area (Å²) < 4.78 is 0. The standard InChI is InChI=1S/C18H28N2O/c1-11(2)16(19)10-14-6-7-17-15(9-14)8-13(5)20(17)18(21)12(3)4/h6-7,9,11-13,16H,8,10,19H2,1-5H3. The van der Waals surface area contributed by atoms with E-state index < -0.39 is 0 Å². The normalized spacial score (nSPS) is 19.2. The lowest BCUT2D eigenvalue weighted by atomic mass is 9.96. The Morgan fingerprint density at radius 3 is 2.57 bits per heavy atom. The fraction of sp³-hybridized carbons (Fsp3) is 0.611. The summed E-state index contributed by atoms with van der Waals surface area (Å²) in [5.41, 5.74) is 9.82. The number of fused-ring (bicyclic) bond motifs is 1. The molecule has 0 fully saturated rings. The highest BCUT2D eigenvalue weighted by molar-refractivity contribution is 5.97. The zero-order valence-electron chi connectivity index (χ0n) is 13.9. The van der Waals surface area contributed by atoms with Crippen LogP contribution < -0.4 is 10.6 Å². The summed E-state index contributed by atoms with van der Waals surface area (Å²) in [4.78, 5) is 14.3. The van der Waals surface area contributed by atoms with Crippen LogP contribution in [0.5, 0.6) is 0 Å². The second-order valence-electron chi connectivity index (χ2n) is 6.99. The molecule has 2 rings (SSSR count). The molecule has 0 bridgehead atoms. The van der Waals surface area contributed by atoms with Gasteiger partial charge >= 0.3 is 0 Å². The number of carbonyl (C=O) groups excluding carboxylic acids is 1. The molecule has 1 heterocycles. The maximum absolute atomic E-state index is 12.4. The molecule has 2 atom stereocenters. The molecule has 0 aliphatic carbocycles. The summed E-state index contributed by atoms with van der Waals surface area (Å²) in [5, 5.41) is 0. The van der Waals surface area contributed by atoms with Crippen LogP contribution in [0.4, 0.5) is 5.69 Å². The van der Waals surface area contributed by atoms with Crippen LogP contribution >= 0.6 is 0 Å². The molecule has 0 radical (unpaired) electrons. The number of carbonyl (C=O) groups is 1. The SMILES string of the molecule is CC(C)C(=O)N1c2ccc(CC(N)C(C)C)cc2CC1C. The Bertz CT molecular complexity index is 522. The van der Waals surface area contributed by atoms with Gasteiger partial charge in [0, 0.05) is 23.7 Å². The highest BCUT2D eigenvalue weighted by Crippen LogP contribution is 2.34. The predicted molar refractivity (Wildman–Crippen MR) is 88.4 cm³/mol. The molecule has 21 heavy (non-hydrogen) atoms. The zero-order valence-corrected chi connectivity index (χ0v) is 13.9. The lowest BCUT2D eigenvalue weighted by molar-refractivity contribution is -0.121. The fourth-order valence-corrected chi connectivity index (χ4v) is 2.93. The van der Waals surface area contributed by atoms with Crippen LogP contribution in [-0.4, -0.2) is 18.0 Å². The van der Waals surface area contributed by atoms with Crippen molar-refractivity contribution in [2.24, 2.45) is 17.6 Å². The van der Waals surface area contributed by atoms with E-state index in [9.17, 15) is 4.79 Å². The van der Waals surface area contributed by atoms with E-state index in [2.05, 4.69) is 39.0 Å². The van der Waals surface area contributed by atoms with Gasteiger partial charge in [-0.25, -0.2) is 0 Å². The van der Waals surface area contributed by atoms with E-state index in [1.54, 1.807) is 0 Å². The maximum Gasteiger partial charge on any atom is 0.229 e. The first-order valence-electron chi connectivity index (χ1n) is 8.01. The van der Waals surface area contributed by atoms with Gasteiger partial charge in [0.05, 0.1) is 0 Å². The van der Waals surface area contributed by atoms with Crippen LogP contribution in [0.1, 0.15) is 45.7 Å². The third kappa shape index (κ3) is 3.29. The van der Waals surface area contributed by atoms with E-state index in [1.165, 1.54) is 11.1 Å². The lowest BCUT2D eigenvalue weighted by Gasteiger charge is -2.24. The van der Waals surface area contributed by atoms with Gasteiger partial charge in [0.15, 0.2) is 0 Å². The van der Waals surface area contributed by atoms with Gasteiger partial charge in [0.1, 0.15) is 0 Å². The molecule has 2 N–H and O–H groups in total. The van der Waals surface area contributed by atoms with Crippen molar-refractivity contribution in [3.8, 4) is 0 Å². The molecule has 1 amide bonds. The van der Waals surface area contributed by atoms with Crippen molar-refractivity contribution in [3.05, 3.63) is 29.3 Å². The van der Waals surface area contributed by atoms with E-state index >= 15 is 0 Å². The minimum atomic E-state index is 0.0347. The maximum atomic E-state index is 12.4. The molecule has 3 nitrogen and oxygen atoms in total. The molecule has 0 saturated heterocycles. The molecular weight excluding hydrogens is 260 g/mol. The third-order valence-corrected chi connectivity index (χ3v) is 4.42. The molecule has 3 heteroatoms. The number of benzene rings is 1. The summed E-state index contributed by atoms with van der Waals surface area (Å²) >= 11 is 0. The van der Waals surface area contributed by atoms with Crippen LogP contribution in [0.15, 0.2) is 18.2 Å². The number of hydrogen-bond acceptors (Lipinski definition) is 2. The van der Waals surface area contributed by atoms with Crippen LogP contribution in [0.3, 0.4) is 0 Å². The first-order chi connectivity index (χ1) is 9.81. The average molecular weight is 288 g/mol. The van der Waals surface area contributed by atoms with Crippen LogP contribution in [0.25, 0.3) is 0 Å². The van der Waals surface area contributed by atoms with Crippen LogP contribution in [-0.2, 0) is 17.6 Å². The summed E-state index contributed by atoms with van der Waals surface area (Å²) in [7, 11) is 0. The van der Waals surface area contributed by atoms with Gasteiger partial charge < -0.3 is 10.6 Å². The molecule has 116 valence electrons. The number of amides is 1. The molecule has 0 aromatic heterocycles. The number of hydrogen-bond donors (Lipinski definition) is 1. The minimum Gasteiger partial charge on any atom is -0.327 e. The fourth-order valence-electron chi connectivity index (χ4n) is 2.93. The first-order valence-corrected chi connectivity index (χ1v) is 8.01. The zero-order chi connectivity index (χ0) is 15.7. The minimum absolute atomic E-state index is 0.0347. The van der Waals surface area contributed by atoms with Crippen molar-refractivity contribution < 1.29 is 4.79 Å². The van der Waals surface area contributed by atoms with Crippen molar-refractivity contribution in [1.82, 2.24) is 0 Å². The Balaban J connectivity index is 2.23. The van der Waals surface area contributed by atoms with Gasteiger partial charge in [-0.05, 0) is 42.9 Å². The molecular formula is C18H28N2O. The van der Waals surface area contributed by atoms with E-state index in [0.717, 1.165) is 18.5 Å².